The van der Waals surface area contributed by atoms with Crippen molar-refractivity contribution in [3.05, 3.63) is 29.8 Å². The third-order valence-corrected chi connectivity index (χ3v) is 4.23. The maximum absolute atomic E-state index is 11.4. The van der Waals surface area contributed by atoms with Crippen LogP contribution in [0.1, 0.15) is 39.7 Å². The summed E-state index contributed by atoms with van der Waals surface area (Å²) in [5.74, 6) is 0.391. The summed E-state index contributed by atoms with van der Waals surface area (Å²) in [5.41, 5.74) is 6.89. The van der Waals surface area contributed by atoms with Gasteiger partial charge in [-0.15, -0.1) is 11.8 Å². The number of benzene rings is 1. The molecular formula is C16H26N2OS. The topological polar surface area (TPSA) is 55.1 Å². The van der Waals surface area contributed by atoms with Gasteiger partial charge in [0.25, 0.3) is 0 Å². The zero-order chi connectivity index (χ0) is 15.2. The highest BCUT2D eigenvalue weighted by molar-refractivity contribution is 7.99. The van der Waals surface area contributed by atoms with E-state index < -0.39 is 0 Å². The Morgan fingerprint density at radius 3 is 2.35 bits per heavy atom. The number of amides is 1. The van der Waals surface area contributed by atoms with Crippen LogP contribution in [0.2, 0.25) is 0 Å². The largest absolute Gasteiger partial charge is 0.368 e. The number of nitrogens with two attached hydrogens (primary N) is 1. The molecule has 1 aromatic rings. The molecule has 0 fully saturated rings. The van der Waals surface area contributed by atoms with Crippen molar-refractivity contribution >= 4 is 17.7 Å². The van der Waals surface area contributed by atoms with Gasteiger partial charge in [-0.25, -0.2) is 0 Å². The zero-order valence-electron chi connectivity index (χ0n) is 12.9. The molecule has 0 aliphatic heterocycles. The first kappa shape index (κ1) is 17.1. The minimum atomic E-state index is -0.280. The number of nitrogens with one attached hydrogen (secondary N) is 1. The van der Waals surface area contributed by atoms with E-state index in [0.717, 1.165) is 13.0 Å². The molecule has 1 aromatic carbocycles. The lowest BCUT2D eigenvalue weighted by molar-refractivity contribution is -0.119. The predicted octanol–water partition coefficient (Wildman–Crippen LogP) is 2.93. The second kappa shape index (κ2) is 7.70. The summed E-state index contributed by atoms with van der Waals surface area (Å²) in [5, 5.41) is 3.18. The Balaban J connectivity index is 2.58. The summed E-state index contributed by atoms with van der Waals surface area (Å²) >= 11 is 1.66. The van der Waals surface area contributed by atoms with E-state index in [0.29, 0.717) is 5.75 Å². The van der Waals surface area contributed by atoms with Gasteiger partial charge in [0.15, 0.2) is 0 Å². The molecule has 3 nitrogen and oxygen atoms in total. The standard InChI is InChI=1S/C16H26N2OS/c1-5-10-18-14(15(17)19)11-20-13-8-6-12(7-9-13)16(2,3)4/h6-9,14,18H,5,10-11H2,1-4H3,(H2,17,19). The normalized spacial score (nSPS) is 13.2. The summed E-state index contributed by atoms with van der Waals surface area (Å²) < 4.78 is 0. The van der Waals surface area contributed by atoms with Crippen molar-refractivity contribution in [2.45, 2.75) is 50.5 Å². The van der Waals surface area contributed by atoms with Crippen LogP contribution >= 0.6 is 11.8 Å². The molecule has 0 heterocycles. The van der Waals surface area contributed by atoms with Gasteiger partial charge < -0.3 is 11.1 Å². The minimum Gasteiger partial charge on any atom is -0.368 e. The molecule has 1 atom stereocenters. The molecule has 0 spiro atoms. The molecule has 0 saturated heterocycles. The van der Waals surface area contributed by atoms with Crippen molar-refractivity contribution in [3.8, 4) is 0 Å². The fraction of sp³-hybridized carbons (Fsp3) is 0.562. The molecule has 0 saturated carbocycles. The van der Waals surface area contributed by atoms with Crippen LogP contribution in [-0.2, 0) is 10.2 Å². The van der Waals surface area contributed by atoms with E-state index in [4.69, 9.17) is 5.73 Å². The number of primary amides is 1. The van der Waals surface area contributed by atoms with Gasteiger partial charge in [-0.1, -0.05) is 39.8 Å². The fourth-order valence-corrected chi connectivity index (χ4v) is 2.76. The van der Waals surface area contributed by atoms with Crippen LogP contribution in [0.15, 0.2) is 29.2 Å². The molecule has 1 rings (SSSR count). The Kier molecular flexibility index (Phi) is 6.56. The number of hydrogen-bond donors (Lipinski definition) is 2. The van der Waals surface area contributed by atoms with Crippen LogP contribution in [0.3, 0.4) is 0 Å². The molecule has 0 aromatic heterocycles. The van der Waals surface area contributed by atoms with E-state index in [1.807, 2.05) is 0 Å². The number of carbonyl (C=O) groups is 1. The maximum Gasteiger partial charge on any atom is 0.235 e. The van der Waals surface area contributed by atoms with Gasteiger partial charge in [0.1, 0.15) is 0 Å². The number of hydrogen-bond acceptors (Lipinski definition) is 3. The lowest BCUT2D eigenvalue weighted by Gasteiger charge is -2.19. The van der Waals surface area contributed by atoms with Crippen molar-refractivity contribution in [2.75, 3.05) is 12.3 Å². The van der Waals surface area contributed by atoms with Crippen molar-refractivity contribution in [1.29, 1.82) is 0 Å². The van der Waals surface area contributed by atoms with E-state index in [9.17, 15) is 4.79 Å². The molecule has 1 unspecified atom stereocenters. The fourth-order valence-electron chi connectivity index (χ4n) is 1.79. The second-order valence-electron chi connectivity index (χ2n) is 5.99. The Morgan fingerprint density at radius 1 is 1.30 bits per heavy atom. The summed E-state index contributed by atoms with van der Waals surface area (Å²) in [4.78, 5) is 12.5. The van der Waals surface area contributed by atoms with Crippen LogP contribution in [0.5, 0.6) is 0 Å². The highest BCUT2D eigenvalue weighted by Crippen LogP contribution is 2.25. The Labute approximate surface area is 126 Å². The molecule has 3 N–H and O–H groups in total. The van der Waals surface area contributed by atoms with Gasteiger partial charge in [0, 0.05) is 10.6 Å². The Hall–Kier alpha value is -1.00. The number of rotatable bonds is 7. The third kappa shape index (κ3) is 5.55. The quantitative estimate of drug-likeness (QED) is 0.760. The highest BCUT2D eigenvalue weighted by Gasteiger charge is 2.15. The van der Waals surface area contributed by atoms with Crippen molar-refractivity contribution in [2.24, 2.45) is 5.73 Å². The van der Waals surface area contributed by atoms with E-state index in [1.165, 1.54) is 10.5 Å². The molecule has 0 radical (unpaired) electrons. The lowest BCUT2D eigenvalue weighted by Crippen LogP contribution is -2.43. The van der Waals surface area contributed by atoms with E-state index in [-0.39, 0.29) is 17.4 Å². The summed E-state index contributed by atoms with van der Waals surface area (Å²) in [6.45, 7) is 9.49. The molecule has 0 bridgehead atoms. The summed E-state index contributed by atoms with van der Waals surface area (Å²) in [7, 11) is 0. The molecule has 0 aliphatic carbocycles. The van der Waals surface area contributed by atoms with Crippen molar-refractivity contribution in [1.82, 2.24) is 5.32 Å². The summed E-state index contributed by atoms with van der Waals surface area (Å²) in [6.07, 6.45) is 0.995. The maximum atomic E-state index is 11.4. The highest BCUT2D eigenvalue weighted by atomic mass is 32.2. The van der Waals surface area contributed by atoms with Gasteiger partial charge in [-0.3, -0.25) is 4.79 Å². The van der Waals surface area contributed by atoms with Crippen LogP contribution in [0.25, 0.3) is 0 Å². The first-order chi connectivity index (χ1) is 9.34. The first-order valence-electron chi connectivity index (χ1n) is 7.10. The van der Waals surface area contributed by atoms with Gasteiger partial charge in [0.05, 0.1) is 6.04 Å². The second-order valence-corrected chi connectivity index (χ2v) is 7.09. The van der Waals surface area contributed by atoms with E-state index in [2.05, 4.69) is 57.3 Å². The number of thioether (sulfide) groups is 1. The molecule has 1 amide bonds. The molecule has 0 aliphatic rings. The van der Waals surface area contributed by atoms with Gasteiger partial charge >= 0.3 is 0 Å². The van der Waals surface area contributed by atoms with Crippen molar-refractivity contribution in [3.63, 3.8) is 0 Å². The van der Waals surface area contributed by atoms with E-state index in [1.54, 1.807) is 11.8 Å². The van der Waals surface area contributed by atoms with Gasteiger partial charge in [-0.2, -0.15) is 0 Å². The van der Waals surface area contributed by atoms with E-state index >= 15 is 0 Å². The monoisotopic (exact) mass is 294 g/mol. The Bertz CT molecular complexity index is 423. The first-order valence-corrected chi connectivity index (χ1v) is 8.09. The SMILES string of the molecule is CCCNC(CSc1ccc(C(C)(C)C)cc1)C(N)=O. The molecule has 112 valence electrons. The molecule has 4 heteroatoms. The zero-order valence-corrected chi connectivity index (χ0v) is 13.7. The Morgan fingerprint density at radius 2 is 1.90 bits per heavy atom. The lowest BCUT2D eigenvalue weighted by atomic mass is 9.87. The van der Waals surface area contributed by atoms with Crippen LogP contribution in [-0.4, -0.2) is 24.2 Å². The average molecular weight is 294 g/mol. The summed E-state index contributed by atoms with van der Waals surface area (Å²) in [6, 6.07) is 8.27. The molecule has 20 heavy (non-hydrogen) atoms. The van der Waals surface area contributed by atoms with Crippen LogP contribution < -0.4 is 11.1 Å². The molecular weight excluding hydrogens is 268 g/mol. The van der Waals surface area contributed by atoms with Gasteiger partial charge in [-0.05, 0) is 36.1 Å². The predicted molar refractivity (Wildman–Crippen MR) is 87.1 cm³/mol. The number of carbonyl (C=O) groups excluding carboxylic acids is 1. The van der Waals surface area contributed by atoms with Crippen LogP contribution in [0.4, 0.5) is 0 Å². The smallest absolute Gasteiger partial charge is 0.235 e. The van der Waals surface area contributed by atoms with Crippen molar-refractivity contribution < 1.29 is 4.79 Å². The van der Waals surface area contributed by atoms with Gasteiger partial charge in [0.2, 0.25) is 5.91 Å². The average Bonchev–Trinajstić information content (AvgIpc) is 2.38. The minimum absolute atomic E-state index is 0.168. The van der Waals surface area contributed by atoms with Crippen LogP contribution in [0, 0.1) is 0 Å². The third-order valence-electron chi connectivity index (χ3n) is 3.12.